The molecular weight excluding hydrogens is 492 g/mol. The first-order valence-corrected chi connectivity index (χ1v) is 13.9. The Balaban J connectivity index is 1.40. The molecule has 2 saturated carbocycles. The Hall–Kier alpha value is -2.80. The topological polar surface area (TPSA) is 164 Å². The minimum absolute atomic E-state index is 0.220. The molecule has 2 fully saturated rings. The van der Waals surface area contributed by atoms with Crippen molar-refractivity contribution < 1.29 is 15.0 Å². The van der Waals surface area contributed by atoms with Crippen LogP contribution in [0.25, 0.3) is 11.2 Å². The van der Waals surface area contributed by atoms with E-state index in [1.807, 2.05) is 18.2 Å². The van der Waals surface area contributed by atoms with E-state index in [1.165, 1.54) is 5.56 Å². The summed E-state index contributed by atoms with van der Waals surface area (Å²) in [6.07, 6.45) is 0.436. The van der Waals surface area contributed by atoms with Crippen molar-refractivity contribution >= 4 is 34.7 Å². The van der Waals surface area contributed by atoms with E-state index in [1.54, 1.807) is 16.4 Å². The standard InChI is InChI=1S/C25H34N8O3S/c1-2-11-37-25-29-22(28-17-12-15(17)14-7-4-3-5-8-14)19-23(30-25)33(32-31-19)18-13-16(20(34)21(18)35)24(36)27-10-6-9-26/h3-5,7-8,15-18,20-21,34-35H,2,6,9-13,26H2,1H3,(H,27,36)(H,28,29,30)/t15?,16-,17?,18+,20+,21-/m1/s1. The number of nitrogens with one attached hydrogen (secondary N) is 2. The van der Waals surface area contributed by atoms with E-state index in [4.69, 9.17) is 15.7 Å². The summed E-state index contributed by atoms with van der Waals surface area (Å²) in [5.41, 5.74) is 7.78. The van der Waals surface area contributed by atoms with Crippen LogP contribution in [-0.4, -0.2) is 78.2 Å². The first-order chi connectivity index (χ1) is 18.0. The number of aliphatic hydroxyl groups is 2. The maximum absolute atomic E-state index is 12.6. The number of hydrogen-bond acceptors (Lipinski definition) is 10. The summed E-state index contributed by atoms with van der Waals surface area (Å²) < 4.78 is 1.54. The van der Waals surface area contributed by atoms with Crippen molar-refractivity contribution in [1.29, 1.82) is 0 Å². The van der Waals surface area contributed by atoms with E-state index < -0.39 is 24.2 Å². The third kappa shape index (κ3) is 5.42. The monoisotopic (exact) mass is 526 g/mol. The molecule has 0 radical (unpaired) electrons. The second-order valence-corrected chi connectivity index (χ2v) is 10.8. The van der Waals surface area contributed by atoms with Gasteiger partial charge in [0.25, 0.3) is 0 Å². The van der Waals surface area contributed by atoms with Crippen molar-refractivity contribution in [2.45, 2.75) is 68.0 Å². The van der Waals surface area contributed by atoms with Crippen LogP contribution in [0.1, 0.15) is 50.1 Å². The predicted molar refractivity (Wildman–Crippen MR) is 141 cm³/mol. The molecule has 0 aliphatic heterocycles. The fourth-order valence-corrected chi connectivity index (χ4v) is 5.64. The summed E-state index contributed by atoms with van der Waals surface area (Å²) in [4.78, 5) is 22.1. The number of thioether (sulfide) groups is 1. The van der Waals surface area contributed by atoms with Crippen LogP contribution in [0.15, 0.2) is 35.5 Å². The lowest BCUT2D eigenvalue weighted by molar-refractivity contribution is -0.128. The number of hydrogen-bond donors (Lipinski definition) is 5. The van der Waals surface area contributed by atoms with Gasteiger partial charge in [-0.1, -0.05) is 54.2 Å². The fraction of sp³-hybridized carbons (Fsp3) is 0.560. The highest BCUT2D eigenvalue weighted by atomic mass is 32.2. The van der Waals surface area contributed by atoms with E-state index in [2.05, 4.69) is 40.0 Å². The molecule has 198 valence electrons. The lowest BCUT2D eigenvalue weighted by atomic mass is 10.0. The second kappa shape index (κ2) is 11.3. The van der Waals surface area contributed by atoms with Gasteiger partial charge in [-0.25, -0.2) is 14.6 Å². The molecule has 12 heteroatoms. The van der Waals surface area contributed by atoms with E-state index >= 15 is 0 Å². The molecular formula is C25H34N8O3S. The average molecular weight is 527 g/mol. The SMILES string of the molecule is CCCSc1nc(NC2CC2c2ccccc2)c2nnn([C@H]3C[C@@H](C(=O)NCCCN)[C@H](O)[C@@H]3O)c2n1. The maximum Gasteiger partial charge on any atom is 0.225 e. The van der Waals surface area contributed by atoms with Gasteiger partial charge in [-0.05, 0) is 37.8 Å². The summed E-state index contributed by atoms with van der Waals surface area (Å²) in [6.45, 7) is 2.99. The van der Waals surface area contributed by atoms with E-state index in [0.29, 0.717) is 47.6 Å². The van der Waals surface area contributed by atoms with Gasteiger partial charge >= 0.3 is 0 Å². The molecule has 1 amide bonds. The number of carbonyl (C=O) groups is 1. The van der Waals surface area contributed by atoms with E-state index in [-0.39, 0.29) is 18.4 Å². The number of amides is 1. The molecule has 0 saturated heterocycles. The van der Waals surface area contributed by atoms with Gasteiger partial charge in [0.2, 0.25) is 5.91 Å². The highest BCUT2D eigenvalue weighted by molar-refractivity contribution is 7.99. The Bertz CT molecular complexity index is 1230. The van der Waals surface area contributed by atoms with Crippen LogP contribution in [0.3, 0.4) is 0 Å². The first-order valence-electron chi connectivity index (χ1n) is 12.9. The van der Waals surface area contributed by atoms with Gasteiger partial charge in [0.1, 0.15) is 6.10 Å². The molecule has 5 rings (SSSR count). The molecule has 2 heterocycles. The minimum Gasteiger partial charge on any atom is -0.390 e. The van der Waals surface area contributed by atoms with Gasteiger partial charge in [0.15, 0.2) is 22.1 Å². The second-order valence-electron chi connectivity index (χ2n) is 9.74. The van der Waals surface area contributed by atoms with Gasteiger partial charge < -0.3 is 26.6 Å². The largest absolute Gasteiger partial charge is 0.390 e. The van der Waals surface area contributed by atoms with Gasteiger partial charge in [0.05, 0.1) is 18.1 Å². The zero-order chi connectivity index (χ0) is 25.9. The number of rotatable bonds is 11. The molecule has 2 unspecified atom stereocenters. The molecule has 2 aliphatic carbocycles. The molecule has 3 aromatic rings. The Morgan fingerprint density at radius 3 is 2.76 bits per heavy atom. The van der Waals surface area contributed by atoms with Crippen LogP contribution in [0, 0.1) is 5.92 Å². The lowest BCUT2D eigenvalue weighted by Crippen LogP contribution is -2.38. The van der Waals surface area contributed by atoms with Crippen molar-refractivity contribution in [3.63, 3.8) is 0 Å². The number of nitrogens with two attached hydrogens (primary N) is 1. The van der Waals surface area contributed by atoms with Crippen LogP contribution in [0.2, 0.25) is 0 Å². The highest BCUT2D eigenvalue weighted by Gasteiger charge is 2.47. The van der Waals surface area contributed by atoms with Crippen molar-refractivity contribution in [2.24, 2.45) is 11.7 Å². The van der Waals surface area contributed by atoms with Gasteiger partial charge in [-0.3, -0.25) is 4.79 Å². The summed E-state index contributed by atoms with van der Waals surface area (Å²) in [5, 5.41) is 37.1. The summed E-state index contributed by atoms with van der Waals surface area (Å²) in [5.74, 6) is 0.811. The number of aliphatic hydroxyl groups excluding tert-OH is 2. The lowest BCUT2D eigenvalue weighted by Gasteiger charge is -2.17. The number of aromatic nitrogens is 5. The molecule has 37 heavy (non-hydrogen) atoms. The molecule has 1 aromatic carbocycles. The highest BCUT2D eigenvalue weighted by Crippen LogP contribution is 2.43. The normalized spacial score (nSPS) is 26.9. The molecule has 11 nitrogen and oxygen atoms in total. The number of carbonyl (C=O) groups excluding carboxylic acids is 1. The zero-order valence-electron chi connectivity index (χ0n) is 20.8. The summed E-state index contributed by atoms with van der Waals surface area (Å²) in [7, 11) is 0. The van der Waals surface area contributed by atoms with Gasteiger partial charge in [0, 0.05) is 24.3 Å². The third-order valence-electron chi connectivity index (χ3n) is 7.06. The number of benzene rings is 1. The summed E-state index contributed by atoms with van der Waals surface area (Å²) >= 11 is 1.55. The van der Waals surface area contributed by atoms with Crippen molar-refractivity contribution in [3.8, 4) is 0 Å². The smallest absolute Gasteiger partial charge is 0.225 e. The number of nitrogens with zero attached hydrogens (tertiary/aromatic N) is 5. The van der Waals surface area contributed by atoms with Crippen molar-refractivity contribution in [1.82, 2.24) is 30.3 Å². The average Bonchev–Trinajstić information content (AvgIpc) is 3.45. The van der Waals surface area contributed by atoms with Crippen LogP contribution >= 0.6 is 11.8 Å². The van der Waals surface area contributed by atoms with Crippen molar-refractivity contribution in [3.05, 3.63) is 35.9 Å². The molecule has 6 atom stereocenters. The van der Waals surface area contributed by atoms with E-state index in [0.717, 1.165) is 18.6 Å². The van der Waals surface area contributed by atoms with Gasteiger partial charge in [-0.2, -0.15) is 0 Å². The van der Waals surface area contributed by atoms with Crippen LogP contribution < -0.4 is 16.4 Å². The quantitative estimate of drug-likeness (QED) is 0.140. The molecule has 6 N–H and O–H groups in total. The predicted octanol–water partition coefficient (Wildman–Crippen LogP) is 1.44. The fourth-order valence-electron chi connectivity index (χ4n) is 4.95. The maximum atomic E-state index is 12.6. The molecule has 0 bridgehead atoms. The molecule has 2 aliphatic rings. The third-order valence-corrected chi connectivity index (χ3v) is 8.11. The van der Waals surface area contributed by atoms with Crippen LogP contribution in [-0.2, 0) is 4.79 Å². The molecule has 0 spiro atoms. The summed E-state index contributed by atoms with van der Waals surface area (Å²) in [6, 6.07) is 9.97. The Morgan fingerprint density at radius 2 is 2.00 bits per heavy atom. The van der Waals surface area contributed by atoms with Crippen LogP contribution in [0.4, 0.5) is 5.82 Å². The molecule has 2 aromatic heterocycles. The first kappa shape index (κ1) is 25.8. The Kier molecular flexibility index (Phi) is 7.89. The Morgan fingerprint density at radius 1 is 1.19 bits per heavy atom. The number of fused-ring (bicyclic) bond motifs is 1. The minimum atomic E-state index is -1.21. The van der Waals surface area contributed by atoms with Gasteiger partial charge in [-0.15, -0.1) is 5.10 Å². The van der Waals surface area contributed by atoms with Crippen LogP contribution in [0.5, 0.6) is 0 Å². The number of anilines is 1. The Labute approximate surface area is 219 Å². The zero-order valence-corrected chi connectivity index (χ0v) is 21.6. The van der Waals surface area contributed by atoms with E-state index in [9.17, 15) is 15.0 Å². The van der Waals surface area contributed by atoms with Crippen molar-refractivity contribution in [2.75, 3.05) is 24.2 Å².